The molecule has 1 spiro atoms. The van der Waals surface area contributed by atoms with Gasteiger partial charge in [-0.2, -0.15) is 0 Å². The maximum atomic E-state index is 6.29. The Bertz CT molecular complexity index is 295. The van der Waals surface area contributed by atoms with Crippen LogP contribution < -0.4 is 5.32 Å². The summed E-state index contributed by atoms with van der Waals surface area (Å²) in [4.78, 5) is 0. The van der Waals surface area contributed by atoms with Crippen molar-refractivity contribution in [1.29, 1.82) is 0 Å². The smallest absolute Gasteiger partial charge is 0.0685 e. The highest BCUT2D eigenvalue weighted by Crippen LogP contribution is 2.47. The van der Waals surface area contributed by atoms with Gasteiger partial charge in [0.25, 0.3) is 0 Å². The molecule has 3 aliphatic rings. The first-order valence-corrected chi connectivity index (χ1v) is 8.56. The van der Waals surface area contributed by atoms with Gasteiger partial charge < -0.3 is 10.1 Å². The lowest BCUT2D eigenvalue weighted by molar-refractivity contribution is -0.132. The van der Waals surface area contributed by atoms with Crippen LogP contribution in [0.4, 0.5) is 0 Å². The average molecular weight is 265 g/mol. The standard InChI is InChI=1S/C17H31NO/c1-14(2)17(10-6-11-18-17)15-7-12-19-16(13-15)8-4-3-5-9-16/h14-15,18H,3-13H2,1-2H3. The molecule has 2 heteroatoms. The van der Waals surface area contributed by atoms with E-state index in [1.807, 2.05) is 0 Å². The number of nitrogens with one attached hydrogen (secondary N) is 1. The largest absolute Gasteiger partial charge is 0.375 e. The molecule has 0 radical (unpaired) electrons. The molecular weight excluding hydrogens is 234 g/mol. The molecule has 110 valence electrons. The van der Waals surface area contributed by atoms with Crippen LogP contribution in [0, 0.1) is 11.8 Å². The third-order valence-corrected chi connectivity index (χ3v) is 6.24. The van der Waals surface area contributed by atoms with E-state index in [9.17, 15) is 0 Å². The second-order valence-corrected chi connectivity index (χ2v) is 7.51. The Kier molecular flexibility index (Phi) is 3.92. The summed E-state index contributed by atoms with van der Waals surface area (Å²) < 4.78 is 6.29. The lowest BCUT2D eigenvalue weighted by atomic mass is 9.65. The number of ether oxygens (including phenoxy) is 1. The first-order valence-electron chi connectivity index (χ1n) is 8.56. The second-order valence-electron chi connectivity index (χ2n) is 7.51. The fourth-order valence-corrected chi connectivity index (χ4v) is 5.12. The van der Waals surface area contributed by atoms with Crippen molar-refractivity contribution in [1.82, 2.24) is 5.32 Å². The fourth-order valence-electron chi connectivity index (χ4n) is 5.12. The van der Waals surface area contributed by atoms with Gasteiger partial charge in [0, 0.05) is 12.1 Å². The average Bonchev–Trinajstić information content (AvgIpc) is 2.90. The topological polar surface area (TPSA) is 21.3 Å². The van der Waals surface area contributed by atoms with Gasteiger partial charge in [0.2, 0.25) is 0 Å². The Morgan fingerprint density at radius 1 is 1.05 bits per heavy atom. The minimum atomic E-state index is 0.257. The maximum absolute atomic E-state index is 6.29. The molecule has 0 amide bonds. The normalized spacial score (nSPS) is 39.0. The SMILES string of the molecule is CC(C)C1(C2CCOC3(CCCCC3)C2)CCCN1. The van der Waals surface area contributed by atoms with Crippen molar-refractivity contribution in [3.05, 3.63) is 0 Å². The zero-order chi connectivity index (χ0) is 13.3. The van der Waals surface area contributed by atoms with Crippen LogP contribution in [0.2, 0.25) is 0 Å². The van der Waals surface area contributed by atoms with Crippen molar-refractivity contribution in [2.75, 3.05) is 13.2 Å². The quantitative estimate of drug-likeness (QED) is 0.818. The van der Waals surface area contributed by atoms with E-state index in [0.29, 0.717) is 5.54 Å². The molecule has 3 fully saturated rings. The van der Waals surface area contributed by atoms with Crippen LogP contribution in [0.1, 0.15) is 71.6 Å². The Balaban J connectivity index is 1.76. The van der Waals surface area contributed by atoms with Gasteiger partial charge in [-0.15, -0.1) is 0 Å². The molecule has 2 unspecified atom stereocenters. The monoisotopic (exact) mass is 265 g/mol. The summed E-state index contributed by atoms with van der Waals surface area (Å²) in [5.74, 6) is 1.58. The van der Waals surface area contributed by atoms with Crippen LogP contribution in [0.15, 0.2) is 0 Å². The molecule has 2 saturated heterocycles. The maximum Gasteiger partial charge on any atom is 0.0685 e. The molecule has 2 nitrogen and oxygen atoms in total. The Morgan fingerprint density at radius 3 is 2.47 bits per heavy atom. The fraction of sp³-hybridized carbons (Fsp3) is 1.00. The zero-order valence-corrected chi connectivity index (χ0v) is 12.8. The van der Waals surface area contributed by atoms with E-state index in [2.05, 4.69) is 19.2 Å². The summed E-state index contributed by atoms with van der Waals surface area (Å²) in [6, 6.07) is 0. The number of hydrogen-bond acceptors (Lipinski definition) is 2. The highest BCUT2D eigenvalue weighted by atomic mass is 16.5. The van der Waals surface area contributed by atoms with Crippen molar-refractivity contribution in [2.24, 2.45) is 11.8 Å². The molecule has 2 atom stereocenters. The van der Waals surface area contributed by atoms with Crippen molar-refractivity contribution in [2.45, 2.75) is 82.8 Å². The van der Waals surface area contributed by atoms with E-state index in [-0.39, 0.29) is 5.60 Å². The molecule has 3 rings (SSSR count). The Hall–Kier alpha value is -0.0800. The van der Waals surface area contributed by atoms with Gasteiger partial charge in [0.1, 0.15) is 0 Å². The van der Waals surface area contributed by atoms with Crippen LogP contribution in [-0.2, 0) is 4.74 Å². The van der Waals surface area contributed by atoms with E-state index in [4.69, 9.17) is 4.74 Å². The lowest BCUT2D eigenvalue weighted by Crippen LogP contribution is -2.56. The van der Waals surface area contributed by atoms with E-state index in [1.54, 1.807) is 0 Å². The molecular formula is C17H31NO. The summed E-state index contributed by atoms with van der Waals surface area (Å²) in [6.07, 6.45) is 12.2. The third-order valence-electron chi connectivity index (χ3n) is 6.24. The van der Waals surface area contributed by atoms with Gasteiger partial charge in [-0.3, -0.25) is 0 Å². The van der Waals surface area contributed by atoms with E-state index < -0.39 is 0 Å². The molecule has 19 heavy (non-hydrogen) atoms. The van der Waals surface area contributed by atoms with Gasteiger partial charge in [0.15, 0.2) is 0 Å². The zero-order valence-electron chi connectivity index (χ0n) is 12.8. The Morgan fingerprint density at radius 2 is 1.84 bits per heavy atom. The number of hydrogen-bond donors (Lipinski definition) is 1. The molecule has 0 aromatic rings. The summed E-state index contributed by atoms with van der Waals surface area (Å²) in [5.41, 5.74) is 0.668. The van der Waals surface area contributed by atoms with Crippen LogP contribution in [0.5, 0.6) is 0 Å². The first-order chi connectivity index (χ1) is 9.17. The summed E-state index contributed by atoms with van der Waals surface area (Å²) in [7, 11) is 0. The highest BCUT2D eigenvalue weighted by Gasteiger charge is 2.49. The third kappa shape index (κ3) is 2.47. The molecule has 2 aliphatic heterocycles. The van der Waals surface area contributed by atoms with Gasteiger partial charge >= 0.3 is 0 Å². The van der Waals surface area contributed by atoms with Crippen LogP contribution in [0.3, 0.4) is 0 Å². The molecule has 1 aliphatic carbocycles. The van der Waals surface area contributed by atoms with E-state index in [0.717, 1.165) is 18.4 Å². The van der Waals surface area contributed by atoms with E-state index in [1.165, 1.54) is 64.3 Å². The molecule has 1 N–H and O–H groups in total. The molecule has 2 heterocycles. The first kappa shape index (κ1) is 13.9. The van der Waals surface area contributed by atoms with Crippen LogP contribution in [-0.4, -0.2) is 24.3 Å². The highest BCUT2D eigenvalue weighted by molar-refractivity contribution is 5.04. The second kappa shape index (κ2) is 5.37. The minimum absolute atomic E-state index is 0.257. The van der Waals surface area contributed by atoms with Crippen LogP contribution in [0.25, 0.3) is 0 Å². The van der Waals surface area contributed by atoms with Crippen LogP contribution >= 0.6 is 0 Å². The van der Waals surface area contributed by atoms with Crippen molar-refractivity contribution >= 4 is 0 Å². The predicted octanol–water partition coefficient (Wildman–Crippen LogP) is 3.89. The predicted molar refractivity (Wildman–Crippen MR) is 79.3 cm³/mol. The van der Waals surface area contributed by atoms with Gasteiger partial charge in [0.05, 0.1) is 5.60 Å². The van der Waals surface area contributed by atoms with Crippen molar-refractivity contribution < 1.29 is 4.74 Å². The summed E-state index contributed by atoms with van der Waals surface area (Å²) in [6.45, 7) is 7.06. The van der Waals surface area contributed by atoms with Crippen molar-refractivity contribution in [3.8, 4) is 0 Å². The van der Waals surface area contributed by atoms with E-state index >= 15 is 0 Å². The minimum Gasteiger partial charge on any atom is -0.375 e. The van der Waals surface area contributed by atoms with Crippen molar-refractivity contribution in [3.63, 3.8) is 0 Å². The number of rotatable bonds is 2. The molecule has 1 saturated carbocycles. The lowest BCUT2D eigenvalue weighted by Gasteiger charge is -2.50. The van der Waals surface area contributed by atoms with Gasteiger partial charge in [-0.1, -0.05) is 33.1 Å². The molecule has 0 aromatic carbocycles. The Labute approximate surface area is 118 Å². The summed E-state index contributed by atoms with van der Waals surface area (Å²) in [5, 5.41) is 3.91. The molecule has 0 aromatic heterocycles. The summed E-state index contributed by atoms with van der Waals surface area (Å²) >= 11 is 0. The van der Waals surface area contributed by atoms with Gasteiger partial charge in [-0.25, -0.2) is 0 Å². The van der Waals surface area contributed by atoms with Gasteiger partial charge in [-0.05, 0) is 56.9 Å². The molecule has 0 bridgehead atoms.